The third kappa shape index (κ3) is 7.67. The van der Waals surface area contributed by atoms with Crippen molar-refractivity contribution in [1.29, 1.82) is 0 Å². The van der Waals surface area contributed by atoms with Crippen LogP contribution in [-0.2, 0) is 14.4 Å². The molecular weight excluding hydrogens is 354 g/mol. The Bertz CT molecular complexity index is 504. The summed E-state index contributed by atoms with van der Waals surface area (Å²) in [5, 5.41) is 8.61. The van der Waals surface area contributed by atoms with Gasteiger partial charge in [-0.25, -0.2) is 0 Å². The summed E-state index contributed by atoms with van der Waals surface area (Å²) in [5.74, 6) is -5.92. The number of unbranched alkanes of at least 4 members (excludes halogenated alkanes) is 3. The van der Waals surface area contributed by atoms with E-state index in [4.69, 9.17) is 5.11 Å². The van der Waals surface area contributed by atoms with Crippen LogP contribution in [0.4, 0.5) is 8.78 Å². The van der Waals surface area contributed by atoms with Gasteiger partial charge in [0.05, 0.1) is 0 Å². The largest absolute Gasteiger partial charge is 0.481 e. The predicted octanol–water partition coefficient (Wildman–Crippen LogP) is 5.43. The highest BCUT2D eigenvalue weighted by atomic mass is 19.3. The maximum absolute atomic E-state index is 14.2. The van der Waals surface area contributed by atoms with Crippen molar-refractivity contribution in [1.82, 2.24) is 0 Å². The van der Waals surface area contributed by atoms with E-state index in [1.807, 2.05) is 6.92 Å². The van der Waals surface area contributed by atoms with Gasteiger partial charge in [-0.2, -0.15) is 8.78 Å². The van der Waals surface area contributed by atoms with E-state index in [1.54, 1.807) is 0 Å². The molecule has 27 heavy (non-hydrogen) atoms. The standard InChI is InChI=1S/C21H34F2O4/c1-3-8-15(2)21(22,23)19(25)14-12-16-11-13-18(24)17(16)9-6-4-5-7-10-20(26)27/h15-17H,3-14H2,1-2H3,(H,26,27)/t15-,16-,17?/m1/s1. The van der Waals surface area contributed by atoms with Crippen LogP contribution in [0.2, 0.25) is 0 Å². The van der Waals surface area contributed by atoms with Crippen molar-refractivity contribution in [2.45, 2.75) is 96.8 Å². The molecule has 4 nitrogen and oxygen atoms in total. The molecule has 0 aromatic heterocycles. The van der Waals surface area contributed by atoms with Gasteiger partial charge in [-0.05, 0) is 38.0 Å². The molecule has 1 aliphatic carbocycles. The van der Waals surface area contributed by atoms with E-state index in [9.17, 15) is 23.2 Å². The summed E-state index contributed by atoms with van der Waals surface area (Å²) in [6.45, 7) is 3.25. The van der Waals surface area contributed by atoms with Crippen LogP contribution >= 0.6 is 0 Å². The number of rotatable bonds is 14. The number of carbonyl (C=O) groups is 3. The second-order valence-electron chi connectivity index (χ2n) is 7.99. The Morgan fingerprint density at radius 2 is 1.81 bits per heavy atom. The minimum atomic E-state index is -3.28. The molecule has 1 unspecified atom stereocenters. The van der Waals surface area contributed by atoms with Gasteiger partial charge in [0, 0.05) is 31.1 Å². The Balaban J connectivity index is 2.41. The first-order chi connectivity index (χ1) is 12.7. The molecule has 3 atom stereocenters. The third-order valence-corrected chi connectivity index (χ3v) is 5.85. The lowest BCUT2D eigenvalue weighted by Crippen LogP contribution is -2.36. The zero-order chi connectivity index (χ0) is 20.4. The Morgan fingerprint density at radius 3 is 2.44 bits per heavy atom. The SMILES string of the molecule is CCC[C@@H](C)C(F)(F)C(=O)CC[C@H]1CCC(=O)C1CCCCCCC(=O)O. The van der Waals surface area contributed by atoms with Crippen LogP contribution in [0.3, 0.4) is 0 Å². The maximum Gasteiger partial charge on any atom is 0.307 e. The van der Waals surface area contributed by atoms with Crippen LogP contribution in [-0.4, -0.2) is 28.6 Å². The molecule has 0 heterocycles. The van der Waals surface area contributed by atoms with E-state index in [2.05, 4.69) is 0 Å². The van der Waals surface area contributed by atoms with Gasteiger partial charge >= 0.3 is 11.9 Å². The van der Waals surface area contributed by atoms with Crippen LogP contribution in [0, 0.1) is 17.8 Å². The second kappa shape index (κ2) is 11.5. The fourth-order valence-electron chi connectivity index (χ4n) is 4.09. The number of carboxylic acid groups (broad SMARTS) is 1. The fourth-order valence-corrected chi connectivity index (χ4v) is 4.09. The third-order valence-electron chi connectivity index (χ3n) is 5.85. The Hall–Kier alpha value is -1.33. The minimum absolute atomic E-state index is 0.0257. The smallest absolute Gasteiger partial charge is 0.307 e. The van der Waals surface area contributed by atoms with Crippen molar-refractivity contribution in [3.8, 4) is 0 Å². The normalized spacial score (nSPS) is 21.4. The summed E-state index contributed by atoms with van der Waals surface area (Å²) in [7, 11) is 0. The molecule has 0 aromatic carbocycles. The Morgan fingerprint density at radius 1 is 1.15 bits per heavy atom. The molecule has 0 saturated heterocycles. The lowest BCUT2D eigenvalue weighted by atomic mass is 9.84. The van der Waals surface area contributed by atoms with Crippen LogP contribution in [0.15, 0.2) is 0 Å². The molecule has 0 bridgehead atoms. The van der Waals surface area contributed by atoms with Gasteiger partial charge in [0.15, 0.2) is 0 Å². The molecule has 1 rings (SSSR count). The zero-order valence-electron chi connectivity index (χ0n) is 16.6. The first-order valence-corrected chi connectivity index (χ1v) is 10.4. The van der Waals surface area contributed by atoms with Crippen molar-refractivity contribution in [2.75, 3.05) is 0 Å². The molecule has 1 saturated carbocycles. The van der Waals surface area contributed by atoms with E-state index in [1.165, 1.54) is 6.92 Å². The summed E-state index contributed by atoms with van der Waals surface area (Å²) < 4.78 is 28.3. The van der Waals surface area contributed by atoms with Gasteiger partial charge < -0.3 is 5.11 Å². The molecule has 0 aromatic rings. The van der Waals surface area contributed by atoms with E-state index in [0.717, 1.165) is 19.3 Å². The number of ketones is 2. The Kier molecular flexibility index (Phi) is 10.1. The van der Waals surface area contributed by atoms with Gasteiger partial charge in [-0.15, -0.1) is 0 Å². The van der Waals surface area contributed by atoms with Crippen LogP contribution in [0.5, 0.6) is 0 Å². The lowest BCUT2D eigenvalue weighted by Gasteiger charge is -2.23. The summed E-state index contributed by atoms with van der Waals surface area (Å²) in [4.78, 5) is 34.6. The van der Waals surface area contributed by atoms with Crippen molar-refractivity contribution in [3.63, 3.8) is 0 Å². The Labute approximate surface area is 161 Å². The number of hydrogen-bond donors (Lipinski definition) is 1. The molecular formula is C21H34F2O4. The van der Waals surface area contributed by atoms with E-state index in [-0.39, 0.29) is 30.5 Å². The summed E-state index contributed by atoms with van der Waals surface area (Å²) in [5.41, 5.74) is 0. The molecule has 156 valence electrons. The van der Waals surface area contributed by atoms with E-state index in [0.29, 0.717) is 44.9 Å². The van der Waals surface area contributed by atoms with Crippen LogP contribution in [0.1, 0.15) is 90.9 Å². The maximum atomic E-state index is 14.2. The average molecular weight is 388 g/mol. The monoisotopic (exact) mass is 388 g/mol. The highest BCUT2D eigenvalue weighted by molar-refractivity contribution is 5.86. The van der Waals surface area contributed by atoms with Gasteiger partial charge in [-0.1, -0.05) is 39.5 Å². The van der Waals surface area contributed by atoms with Crippen molar-refractivity contribution in [3.05, 3.63) is 0 Å². The summed E-state index contributed by atoms with van der Waals surface area (Å²) in [6, 6.07) is 0. The number of hydrogen-bond acceptors (Lipinski definition) is 3. The van der Waals surface area contributed by atoms with Gasteiger partial charge in [-0.3, -0.25) is 14.4 Å². The lowest BCUT2D eigenvalue weighted by molar-refractivity contribution is -0.151. The molecule has 0 amide bonds. The number of alkyl halides is 2. The molecule has 6 heteroatoms. The van der Waals surface area contributed by atoms with Crippen molar-refractivity contribution < 1.29 is 28.3 Å². The van der Waals surface area contributed by atoms with Gasteiger partial charge in [0.1, 0.15) is 5.78 Å². The number of carbonyl (C=O) groups excluding carboxylic acids is 2. The number of halogens is 2. The van der Waals surface area contributed by atoms with Crippen molar-refractivity contribution in [2.24, 2.45) is 17.8 Å². The quantitative estimate of drug-likeness (QED) is 0.403. The average Bonchev–Trinajstić information content (AvgIpc) is 2.95. The highest BCUT2D eigenvalue weighted by Gasteiger charge is 2.44. The van der Waals surface area contributed by atoms with Gasteiger partial charge in [0.25, 0.3) is 0 Å². The highest BCUT2D eigenvalue weighted by Crippen LogP contribution is 2.37. The summed E-state index contributed by atoms with van der Waals surface area (Å²) >= 11 is 0. The number of carboxylic acids is 1. The molecule has 0 radical (unpaired) electrons. The van der Waals surface area contributed by atoms with Crippen molar-refractivity contribution >= 4 is 17.5 Å². The molecule has 0 aliphatic heterocycles. The molecule has 1 aliphatic rings. The number of Topliss-reactive ketones (excluding diaryl/α,β-unsaturated/α-hetero) is 2. The zero-order valence-corrected chi connectivity index (χ0v) is 16.6. The number of aliphatic carboxylic acids is 1. The van der Waals surface area contributed by atoms with Crippen LogP contribution in [0.25, 0.3) is 0 Å². The molecule has 1 fully saturated rings. The molecule has 0 spiro atoms. The topological polar surface area (TPSA) is 71.4 Å². The minimum Gasteiger partial charge on any atom is -0.481 e. The van der Waals surface area contributed by atoms with Gasteiger partial charge in [0.2, 0.25) is 5.78 Å². The predicted molar refractivity (Wildman–Crippen MR) is 99.8 cm³/mol. The van der Waals surface area contributed by atoms with E-state index >= 15 is 0 Å². The van der Waals surface area contributed by atoms with E-state index < -0.39 is 23.6 Å². The molecule has 1 N–H and O–H groups in total. The van der Waals surface area contributed by atoms with Crippen LogP contribution < -0.4 is 0 Å². The summed E-state index contributed by atoms with van der Waals surface area (Å²) in [6.07, 6.45) is 6.36. The second-order valence-corrected chi connectivity index (χ2v) is 7.99. The fraction of sp³-hybridized carbons (Fsp3) is 0.857. The first-order valence-electron chi connectivity index (χ1n) is 10.4. The first kappa shape index (κ1) is 23.7.